The van der Waals surface area contributed by atoms with E-state index in [1.165, 1.54) is 47.7 Å². The molecule has 2 rings (SSSR count). The van der Waals surface area contributed by atoms with Gasteiger partial charge in [-0.05, 0) is 49.6 Å². The summed E-state index contributed by atoms with van der Waals surface area (Å²) in [6.07, 6.45) is 7.00. The molecule has 2 heteroatoms. The first kappa shape index (κ1) is 13.1. The van der Waals surface area contributed by atoms with Gasteiger partial charge in [-0.25, -0.2) is 0 Å². The zero-order valence-electron chi connectivity index (χ0n) is 10.8. The molecule has 1 atom stereocenters. The highest BCUT2D eigenvalue weighted by Gasteiger charge is 2.21. The number of hydrogen-bond donors (Lipinski definition) is 1. The standard InChI is InChI=1S/C15H22BrN/c1-11-9-13(16)7-8-14(11)15(17-2)10-12-5-3-4-6-12/h7-9,12,15,17H,3-6,10H2,1-2H3. The highest BCUT2D eigenvalue weighted by molar-refractivity contribution is 9.10. The van der Waals surface area contributed by atoms with Crippen molar-refractivity contribution in [2.75, 3.05) is 7.05 Å². The molecule has 1 unspecified atom stereocenters. The average molecular weight is 296 g/mol. The molecule has 1 N–H and O–H groups in total. The fraction of sp³-hybridized carbons (Fsp3) is 0.600. The van der Waals surface area contributed by atoms with Crippen LogP contribution in [0.5, 0.6) is 0 Å². The Morgan fingerprint density at radius 2 is 2.06 bits per heavy atom. The maximum Gasteiger partial charge on any atom is 0.0322 e. The molecule has 1 aromatic carbocycles. The molecule has 0 amide bonds. The molecule has 1 aromatic rings. The van der Waals surface area contributed by atoms with E-state index in [2.05, 4.69) is 53.4 Å². The van der Waals surface area contributed by atoms with Crippen LogP contribution in [0.1, 0.15) is 49.3 Å². The van der Waals surface area contributed by atoms with Crippen LogP contribution in [0.2, 0.25) is 0 Å². The molecule has 1 nitrogen and oxygen atoms in total. The Morgan fingerprint density at radius 3 is 2.65 bits per heavy atom. The van der Waals surface area contributed by atoms with Crippen molar-refractivity contribution in [2.24, 2.45) is 5.92 Å². The lowest BCUT2D eigenvalue weighted by molar-refractivity contribution is 0.412. The molecule has 1 saturated carbocycles. The summed E-state index contributed by atoms with van der Waals surface area (Å²) in [5.74, 6) is 0.926. The molecule has 1 fully saturated rings. The number of rotatable bonds is 4. The predicted octanol–water partition coefficient (Wildman–Crippen LogP) is 4.60. The third-order valence-corrected chi connectivity index (χ3v) is 4.49. The van der Waals surface area contributed by atoms with Gasteiger partial charge < -0.3 is 5.32 Å². The smallest absolute Gasteiger partial charge is 0.0322 e. The number of aryl methyl sites for hydroxylation is 1. The maximum atomic E-state index is 3.54. The SMILES string of the molecule is CNC(CC1CCCC1)c1ccc(Br)cc1C. The summed E-state index contributed by atoms with van der Waals surface area (Å²) >= 11 is 3.54. The van der Waals surface area contributed by atoms with Crippen molar-refractivity contribution in [1.29, 1.82) is 0 Å². The molecule has 0 heterocycles. The fourth-order valence-electron chi connectivity index (χ4n) is 3.01. The van der Waals surface area contributed by atoms with Crippen molar-refractivity contribution in [2.45, 2.75) is 45.1 Å². The summed E-state index contributed by atoms with van der Waals surface area (Å²) < 4.78 is 1.18. The monoisotopic (exact) mass is 295 g/mol. The van der Waals surface area contributed by atoms with Crippen LogP contribution in [-0.2, 0) is 0 Å². The highest BCUT2D eigenvalue weighted by Crippen LogP contribution is 2.34. The molecule has 1 aliphatic carbocycles. The summed E-state index contributed by atoms with van der Waals surface area (Å²) in [6.45, 7) is 2.21. The van der Waals surface area contributed by atoms with Gasteiger partial charge in [-0.15, -0.1) is 0 Å². The van der Waals surface area contributed by atoms with Crippen molar-refractivity contribution >= 4 is 15.9 Å². The van der Waals surface area contributed by atoms with Crippen LogP contribution in [-0.4, -0.2) is 7.05 Å². The highest BCUT2D eigenvalue weighted by atomic mass is 79.9. The molecule has 0 radical (unpaired) electrons. The minimum atomic E-state index is 0.520. The van der Waals surface area contributed by atoms with Gasteiger partial charge in [0.05, 0.1) is 0 Å². The summed E-state index contributed by atoms with van der Waals surface area (Å²) in [7, 11) is 2.08. The van der Waals surface area contributed by atoms with E-state index in [4.69, 9.17) is 0 Å². The van der Waals surface area contributed by atoms with Gasteiger partial charge in [-0.3, -0.25) is 0 Å². The van der Waals surface area contributed by atoms with Gasteiger partial charge in [-0.2, -0.15) is 0 Å². The van der Waals surface area contributed by atoms with Gasteiger partial charge in [0.2, 0.25) is 0 Å². The Labute approximate surface area is 113 Å². The van der Waals surface area contributed by atoms with Crippen LogP contribution in [0.25, 0.3) is 0 Å². The third kappa shape index (κ3) is 3.32. The zero-order valence-corrected chi connectivity index (χ0v) is 12.4. The molecule has 0 spiro atoms. The van der Waals surface area contributed by atoms with Crippen molar-refractivity contribution < 1.29 is 0 Å². The van der Waals surface area contributed by atoms with Crippen molar-refractivity contribution in [1.82, 2.24) is 5.32 Å². The minimum absolute atomic E-state index is 0.520. The van der Waals surface area contributed by atoms with Gasteiger partial charge in [-0.1, -0.05) is 47.7 Å². The summed E-state index contributed by atoms with van der Waals surface area (Å²) in [5, 5.41) is 3.49. The fourth-order valence-corrected chi connectivity index (χ4v) is 3.49. The second kappa shape index (κ2) is 6.01. The van der Waals surface area contributed by atoms with Gasteiger partial charge in [0.25, 0.3) is 0 Å². The molecule has 94 valence electrons. The Hall–Kier alpha value is -0.340. The van der Waals surface area contributed by atoms with Crippen LogP contribution in [0.15, 0.2) is 22.7 Å². The maximum absolute atomic E-state index is 3.54. The molecule has 17 heavy (non-hydrogen) atoms. The van der Waals surface area contributed by atoms with Crippen molar-refractivity contribution in [3.63, 3.8) is 0 Å². The number of nitrogens with one attached hydrogen (secondary N) is 1. The Balaban J connectivity index is 2.10. The number of hydrogen-bond acceptors (Lipinski definition) is 1. The van der Waals surface area contributed by atoms with Crippen molar-refractivity contribution in [3.05, 3.63) is 33.8 Å². The van der Waals surface area contributed by atoms with E-state index >= 15 is 0 Å². The van der Waals surface area contributed by atoms with E-state index in [-0.39, 0.29) is 0 Å². The van der Waals surface area contributed by atoms with Crippen molar-refractivity contribution in [3.8, 4) is 0 Å². The Morgan fingerprint density at radius 1 is 1.35 bits per heavy atom. The quantitative estimate of drug-likeness (QED) is 0.856. The van der Waals surface area contributed by atoms with Crippen LogP contribution in [0.3, 0.4) is 0 Å². The number of benzene rings is 1. The van der Waals surface area contributed by atoms with Crippen LogP contribution in [0, 0.1) is 12.8 Å². The van der Waals surface area contributed by atoms with Crippen LogP contribution < -0.4 is 5.32 Å². The van der Waals surface area contributed by atoms with E-state index in [1.807, 2.05) is 0 Å². The summed E-state index contributed by atoms with van der Waals surface area (Å²) in [4.78, 5) is 0. The Bertz CT molecular complexity index is 369. The lowest BCUT2D eigenvalue weighted by atomic mass is 9.91. The molecular formula is C15H22BrN. The van der Waals surface area contributed by atoms with Gasteiger partial charge in [0.1, 0.15) is 0 Å². The van der Waals surface area contributed by atoms with E-state index < -0.39 is 0 Å². The second-order valence-electron chi connectivity index (χ2n) is 5.23. The molecular weight excluding hydrogens is 274 g/mol. The van der Waals surface area contributed by atoms with E-state index in [0.29, 0.717) is 6.04 Å². The average Bonchev–Trinajstić information content (AvgIpc) is 2.79. The van der Waals surface area contributed by atoms with Gasteiger partial charge >= 0.3 is 0 Å². The molecule has 0 aliphatic heterocycles. The first-order chi connectivity index (χ1) is 8.20. The zero-order chi connectivity index (χ0) is 12.3. The molecule has 0 aromatic heterocycles. The minimum Gasteiger partial charge on any atom is -0.313 e. The van der Waals surface area contributed by atoms with Crippen LogP contribution >= 0.6 is 15.9 Å². The largest absolute Gasteiger partial charge is 0.313 e. The van der Waals surface area contributed by atoms with E-state index in [0.717, 1.165) is 5.92 Å². The molecule has 1 aliphatic rings. The Kier molecular flexibility index (Phi) is 4.63. The van der Waals surface area contributed by atoms with E-state index in [9.17, 15) is 0 Å². The van der Waals surface area contributed by atoms with E-state index in [1.54, 1.807) is 0 Å². The lowest BCUT2D eigenvalue weighted by Gasteiger charge is -2.22. The molecule has 0 bridgehead atoms. The molecule has 0 saturated heterocycles. The second-order valence-corrected chi connectivity index (χ2v) is 6.14. The number of halogens is 1. The summed E-state index contributed by atoms with van der Waals surface area (Å²) in [5.41, 5.74) is 2.85. The lowest BCUT2D eigenvalue weighted by Crippen LogP contribution is -2.20. The summed E-state index contributed by atoms with van der Waals surface area (Å²) in [6, 6.07) is 7.15. The third-order valence-electron chi connectivity index (χ3n) is 4.00. The first-order valence-electron chi connectivity index (χ1n) is 6.64. The van der Waals surface area contributed by atoms with Gasteiger partial charge in [0, 0.05) is 10.5 Å². The first-order valence-corrected chi connectivity index (χ1v) is 7.43. The van der Waals surface area contributed by atoms with Crippen LogP contribution in [0.4, 0.5) is 0 Å². The topological polar surface area (TPSA) is 12.0 Å². The predicted molar refractivity (Wildman–Crippen MR) is 77.3 cm³/mol. The van der Waals surface area contributed by atoms with Gasteiger partial charge in [0.15, 0.2) is 0 Å². The normalized spacial score (nSPS) is 18.5.